The summed E-state index contributed by atoms with van der Waals surface area (Å²) in [5.41, 5.74) is 1.09. The van der Waals surface area contributed by atoms with E-state index in [0.29, 0.717) is 10.6 Å². The van der Waals surface area contributed by atoms with Crippen LogP contribution in [-0.2, 0) is 19.6 Å². The third kappa shape index (κ3) is 4.48. The van der Waals surface area contributed by atoms with Crippen LogP contribution in [0.4, 0.5) is 5.69 Å². The van der Waals surface area contributed by atoms with Crippen molar-refractivity contribution >= 4 is 38.9 Å². The molecule has 0 aliphatic carbocycles. The largest absolute Gasteiger partial charge is 0.448 e. The second-order valence-corrected chi connectivity index (χ2v) is 8.85. The standard InChI is InChI=1S/C17H20N2O5S2/c1-11-8-9-25-15(11)17(21)24-12(2)16(20)18-13-6-5-7-14(10-13)26(22,23)19(3)4/h5-10,12H,1-4H3,(H,18,20)/t12-/m0/s1. The van der Waals surface area contributed by atoms with Gasteiger partial charge in [-0.1, -0.05) is 6.07 Å². The maximum Gasteiger partial charge on any atom is 0.349 e. The normalized spacial score (nSPS) is 12.7. The highest BCUT2D eigenvalue weighted by molar-refractivity contribution is 7.89. The summed E-state index contributed by atoms with van der Waals surface area (Å²) in [6.45, 7) is 3.24. The van der Waals surface area contributed by atoms with E-state index in [9.17, 15) is 18.0 Å². The number of nitrogens with one attached hydrogen (secondary N) is 1. The van der Waals surface area contributed by atoms with E-state index < -0.39 is 28.0 Å². The summed E-state index contributed by atoms with van der Waals surface area (Å²) in [5.74, 6) is -1.11. The molecule has 0 unspecified atom stereocenters. The molecule has 1 atom stereocenters. The van der Waals surface area contributed by atoms with Gasteiger partial charge in [0, 0.05) is 19.8 Å². The first-order valence-electron chi connectivity index (χ1n) is 7.71. The van der Waals surface area contributed by atoms with Gasteiger partial charge < -0.3 is 10.1 Å². The summed E-state index contributed by atoms with van der Waals surface area (Å²) in [7, 11) is -0.760. The Morgan fingerprint density at radius 3 is 2.50 bits per heavy atom. The second kappa shape index (κ2) is 7.98. The Bertz CT molecular complexity index is 919. The molecule has 0 fully saturated rings. The number of anilines is 1. The van der Waals surface area contributed by atoms with Gasteiger partial charge in [-0.2, -0.15) is 0 Å². The van der Waals surface area contributed by atoms with Gasteiger partial charge in [-0.3, -0.25) is 4.79 Å². The van der Waals surface area contributed by atoms with Crippen molar-refractivity contribution in [2.24, 2.45) is 0 Å². The lowest BCUT2D eigenvalue weighted by molar-refractivity contribution is -0.123. The molecule has 1 heterocycles. The van der Waals surface area contributed by atoms with Crippen molar-refractivity contribution in [1.29, 1.82) is 0 Å². The van der Waals surface area contributed by atoms with Gasteiger partial charge in [0.2, 0.25) is 10.0 Å². The number of rotatable bonds is 6. The van der Waals surface area contributed by atoms with Gasteiger partial charge in [0.05, 0.1) is 4.90 Å². The number of thiophene rings is 1. The van der Waals surface area contributed by atoms with Crippen LogP contribution in [0.25, 0.3) is 0 Å². The van der Waals surface area contributed by atoms with Gasteiger partial charge >= 0.3 is 5.97 Å². The molecule has 1 N–H and O–H groups in total. The maximum absolute atomic E-state index is 12.3. The number of amides is 1. The minimum atomic E-state index is -3.61. The van der Waals surface area contributed by atoms with Crippen molar-refractivity contribution in [1.82, 2.24) is 4.31 Å². The van der Waals surface area contributed by atoms with Crippen molar-refractivity contribution in [3.63, 3.8) is 0 Å². The smallest absolute Gasteiger partial charge is 0.349 e. The summed E-state index contributed by atoms with van der Waals surface area (Å²) in [4.78, 5) is 24.8. The molecule has 1 aromatic carbocycles. The van der Waals surface area contributed by atoms with Gasteiger partial charge in [0.15, 0.2) is 6.10 Å². The van der Waals surface area contributed by atoms with E-state index in [1.165, 1.54) is 50.6 Å². The summed E-state index contributed by atoms with van der Waals surface area (Å²) >= 11 is 1.25. The average molecular weight is 396 g/mol. The van der Waals surface area contributed by atoms with Crippen LogP contribution in [0.2, 0.25) is 0 Å². The average Bonchev–Trinajstić information content (AvgIpc) is 3.01. The highest BCUT2D eigenvalue weighted by Crippen LogP contribution is 2.20. The van der Waals surface area contributed by atoms with Crippen LogP contribution in [0.1, 0.15) is 22.2 Å². The second-order valence-electron chi connectivity index (χ2n) is 5.78. The number of esters is 1. The Balaban J connectivity index is 2.08. The molecule has 0 saturated carbocycles. The maximum atomic E-state index is 12.3. The van der Waals surface area contributed by atoms with Crippen LogP contribution in [-0.4, -0.2) is 44.8 Å². The van der Waals surface area contributed by atoms with E-state index in [2.05, 4.69) is 5.32 Å². The summed E-state index contributed by atoms with van der Waals surface area (Å²) in [6.07, 6.45) is -1.03. The zero-order valence-corrected chi connectivity index (χ0v) is 16.5. The van der Waals surface area contributed by atoms with Crippen molar-refractivity contribution < 1.29 is 22.7 Å². The number of benzene rings is 1. The first-order valence-corrected chi connectivity index (χ1v) is 10.0. The molecular weight excluding hydrogens is 376 g/mol. The lowest BCUT2D eigenvalue weighted by atomic mass is 10.3. The van der Waals surface area contributed by atoms with Gasteiger partial charge in [0.1, 0.15) is 4.88 Å². The number of nitrogens with zero attached hydrogens (tertiary/aromatic N) is 1. The molecule has 1 aromatic heterocycles. The van der Waals surface area contributed by atoms with E-state index >= 15 is 0 Å². The van der Waals surface area contributed by atoms with E-state index in [0.717, 1.165) is 9.87 Å². The molecule has 140 valence electrons. The molecule has 0 aliphatic rings. The molecule has 2 rings (SSSR count). The van der Waals surface area contributed by atoms with Crippen molar-refractivity contribution in [3.05, 3.63) is 46.2 Å². The van der Waals surface area contributed by atoms with Crippen LogP contribution in [0, 0.1) is 6.92 Å². The first-order chi connectivity index (χ1) is 12.1. The molecule has 2 aromatic rings. The quantitative estimate of drug-likeness (QED) is 0.758. The number of sulfonamides is 1. The summed E-state index contributed by atoms with van der Waals surface area (Å²) in [6, 6.07) is 7.67. The van der Waals surface area contributed by atoms with E-state index in [4.69, 9.17) is 4.74 Å². The van der Waals surface area contributed by atoms with Crippen LogP contribution in [0.5, 0.6) is 0 Å². The predicted molar refractivity (Wildman–Crippen MR) is 99.9 cm³/mol. The first kappa shape index (κ1) is 20.1. The van der Waals surface area contributed by atoms with Gasteiger partial charge in [-0.15, -0.1) is 11.3 Å². The molecule has 0 spiro atoms. The van der Waals surface area contributed by atoms with Crippen LogP contribution < -0.4 is 5.32 Å². The minimum Gasteiger partial charge on any atom is -0.448 e. The Morgan fingerprint density at radius 1 is 1.23 bits per heavy atom. The Kier molecular flexibility index (Phi) is 6.17. The number of carbonyl (C=O) groups is 2. The van der Waals surface area contributed by atoms with E-state index in [-0.39, 0.29) is 4.90 Å². The Hall–Kier alpha value is -2.23. The van der Waals surface area contributed by atoms with Gasteiger partial charge in [-0.05, 0) is 49.1 Å². The SMILES string of the molecule is Cc1ccsc1C(=O)O[C@@H](C)C(=O)Nc1cccc(S(=O)(=O)N(C)C)c1. The van der Waals surface area contributed by atoms with Crippen LogP contribution >= 0.6 is 11.3 Å². The Labute approximate surface area is 156 Å². The molecule has 7 nitrogen and oxygen atoms in total. The minimum absolute atomic E-state index is 0.0548. The third-order valence-electron chi connectivity index (χ3n) is 3.58. The molecule has 0 saturated heterocycles. The fourth-order valence-electron chi connectivity index (χ4n) is 2.04. The molecular formula is C17H20N2O5S2. The fourth-order valence-corrected chi connectivity index (χ4v) is 3.79. The van der Waals surface area contributed by atoms with Crippen molar-refractivity contribution in [2.75, 3.05) is 19.4 Å². The third-order valence-corrected chi connectivity index (χ3v) is 6.39. The lowest BCUT2D eigenvalue weighted by Gasteiger charge is -2.15. The molecule has 26 heavy (non-hydrogen) atoms. The highest BCUT2D eigenvalue weighted by Gasteiger charge is 2.22. The summed E-state index contributed by atoms with van der Waals surface area (Å²) < 4.78 is 30.6. The van der Waals surface area contributed by atoms with Crippen molar-refractivity contribution in [2.45, 2.75) is 24.8 Å². The number of ether oxygens (including phenoxy) is 1. The van der Waals surface area contributed by atoms with Gasteiger partial charge in [-0.25, -0.2) is 17.5 Å². The highest BCUT2D eigenvalue weighted by atomic mass is 32.2. The molecule has 0 radical (unpaired) electrons. The van der Waals surface area contributed by atoms with E-state index in [1.807, 2.05) is 0 Å². The Morgan fingerprint density at radius 2 is 1.92 bits per heavy atom. The van der Waals surface area contributed by atoms with Crippen molar-refractivity contribution in [3.8, 4) is 0 Å². The monoisotopic (exact) mass is 396 g/mol. The predicted octanol–water partition coefficient (Wildman–Crippen LogP) is 2.49. The molecule has 0 bridgehead atoms. The zero-order valence-electron chi connectivity index (χ0n) is 14.8. The number of aryl methyl sites for hydroxylation is 1. The van der Waals surface area contributed by atoms with Gasteiger partial charge in [0.25, 0.3) is 5.91 Å². The number of carbonyl (C=O) groups excluding carboxylic acids is 2. The fraction of sp³-hybridized carbons (Fsp3) is 0.294. The molecule has 1 amide bonds. The zero-order chi connectivity index (χ0) is 19.5. The van der Waals surface area contributed by atoms with E-state index in [1.54, 1.807) is 24.4 Å². The topological polar surface area (TPSA) is 92.8 Å². The lowest BCUT2D eigenvalue weighted by Crippen LogP contribution is -2.30. The molecule has 0 aliphatic heterocycles. The number of hydrogen-bond donors (Lipinski definition) is 1. The molecule has 9 heteroatoms. The van der Waals surface area contributed by atoms with Crippen LogP contribution in [0.3, 0.4) is 0 Å². The number of hydrogen-bond acceptors (Lipinski definition) is 6. The summed E-state index contributed by atoms with van der Waals surface area (Å²) in [5, 5.41) is 4.33. The van der Waals surface area contributed by atoms with Crippen LogP contribution in [0.15, 0.2) is 40.6 Å².